The Kier molecular flexibility index (Phi) is 5.66. The molecule has 4 N–H and O–H groups in total. The number of hydrogen-bond donors (Lipinski definition) is 2. The van der Waals surface area contributed by atoms with Crippen molar-refractivity contribution >= 4 is 32.1 Å². The van der Waals surface area contributed by atoms with Crippen LogP contribution in [-0.2, 0) is 20.0 Å². The van der Waals surface area contributed by atoms with Gasteiger partial charge in [0.15, 0.2) is 0 Å². The summed E-state index contributed by atoms with van der Waals surface area (Å²) in [5.41, 5.74) is 11.7. The molecular formula is C16H18N4O6S2. The van der Waals surface area contributed by atoms with Crippen LogP contribution in [0.4, 0.5) is 9.59 Å². The summed E-state index contributed by atoms with van der Waals surface area (Å²) in [6.07, 6.45) is 0. The molecule has 0 aromatic heterocycles. The van der Waals surface area contributed by atoms with Crippen molar-refractivity contribution in [3.8, 4) is 0 Å². The van der Waals surface area contributed by atoms with Crippen LogP contribution in [0.2, 0.25) is 0 Å². The monoisotopic (exact) mass is 426 g/mol. The van der Waals surface area contributed by atoms with Gasteiger partial charge in [-0.3, -0.25) is 0 Å². The van der Waals surface area contributed by atoms with Gasteiger partial charge < -0.3 is 11.5 Å². The Morgan fingerprint density at radius 2 is 0.893 bits per heavy atom. The molecule has 0 aliphatic rings. The Hall–Kier alpha value is -3.12. The lowest BCUT2D eigenvalue weighted by Crippen LogP contribution is -2.58. The maximum Gasteiger partial charge on any atom is 0.349 e. The fourth-order valence-electron chi connectivity index (χ4n) is 2.23. The minimum absolute atomic E-state index is 0.366. The highest BCUT2D eigenvalue weighted by molar-refractivity contribution is 7.92. The van der Waals surface area contributed by atoms with Gasteiger partial charge in [0.25, 0.3) is 20.0 Å². The van der Waals surface area contributed by atoms with E-state index in [0.29, 0.717) is 11.1 Å². The molecule has 0 aliphatic carbocycles. The van der Waals surface area contributed by atoms with Crippen LogP contribution < -0.4 is 11.5 Å². The van der Waals surface area contributed by atoms with Crippen molar-refractivity contribution in [3.63, 3.8) is 0 Å². The van der Waals surface area contributed by atoms with Gasteiger partial charge in [-0.25, -0.2) is 9.59 Å². The van der Waals surface area contributed by atoms with Crippen LogP contribution in [0, 0.1) is 13.8 Å². The van der Waals surface area contributed by atoms with Crippen molar-refractivity contribution in [1.82, 2.24) is 8.83 Å². The van der Waals surface area contributed by atoms with Crippen LogP contribution in [0.15, 0.2) is 58.3 Å². The van der Waals surface area contributed by atoms with E-state index in [0.717, 1.165) is 24.3 Å². The van der Waals surface area contributed by atoms with Crippen LogP contribution in [0.3, 0.4) is 0 Å². The number of urea groups is 2. The first-order valence-electron chi connectivity index (χ1n) is 7.72. The Labute approximate surface area is 162 Å². The molecule has 4 amide bonds. The zero-order valence-corrected chi connectivity index (χ0v) is 16.6. The third kappa shape index (κ3) is 3.92. The molecule has 12 heteroatoms. The van der Waals surface area contributed by atoms with E-state index in [1.807, 2.05) is 0 Å². The molecule has 0 unspecified atom stereocenters. The number of aryl methyl sites for hydroxylation is 2. The number of hydrazine groups is 1. The second kappa shape index (κ2) is 7.48. The molecule has 150 valence electrons. The SMILES string of the molecule is Cc1ccc(S(=O)(=O)N(C(N)=O)N(C(N)=O)S(=O)(=O)c2ccc(C)cc2)cc1. The molecule has 2 aromatic rings. The fraction of sp³-hybridized carbons (Fsp3) is 0.125. The first-order valence-corrected chi connectivity index (χ1v) is 10.6. The molecule has 2 rings (SSSR count). The largest absolute Gasteiger partial charge is 0.349 e. The van der Waals surface area contributed by atoms with Gasteiger partial charge in [-0.05, 0) is 38.1 Å². The predicted molar refractivity (Wildman–Crippen MR) is 99.6 cm³/mol. The minimum atomic E-state index is -4.86. The quantitative estimate of drug-likeness (QED) is 0.695. The number of sulfonamides is 2. The smallest absolute Gasteiger partial charge is 0.349 e. The van der Waals surface area contributed by atoms with Crippen LogP contribution in [0.25, 0.3) is 0 Å². The van der Waals surface area contributed by atoms with Crippen molar-refractivity contribution in [3.05, 3.63) is 59.7 Å². The van der Waals surface area contributed by atoms with Gasteiger partial charge in [0.2, 0.25) is 0 Å². The number of rotatable bonds is 4. The molecule has 0 aliphatic heterocycles. The van der Waals surface area contributed by atoms with Gasteiger partial charge in [-0.15, -0.1) is 8.83 Å². The van der Waals surface area contributed by atoms with Crippen LogP contribution in [0.5, 0.6) is 0 Å². The van der Waals surface area contributed by atoms with E-state index in [-0.39, 0.29) is 8.83 Å². The average Bonchev–Trinajstić information content (AvgIpc) is 2.59. The zero-order valence-electron chi connectivity index (χ0n) is 14.9. The summed E-state index contributed by atoms with van der Waals surface area (Å²) in [5, 5.41) is 0. The molecule has 0 radical (unpaired) electrons. The van der Waals surface area contributed by atoms with Gasteiger partial charge in [0, 0.05) is 0 Å². The second-order valence-corrected chi connectivity index (χ2v) is 9.33. The molecule has 10 nitrogen and oxygen atoms in total. The molecule has 0 atom stereocenters. The lowest BCUT2D eigenvalue weighted by atomic mass is 10.2. The van der Waals surface area contributed by atoms with Crippen LogP contribution in [-0.4, -0.2) is 37.7 Å². The maximum atomic E-state index is 12.9. The third-order valence-corrected chi connectivity index (χ3v) is 7.07. The molecule has 0 bridgehead atoms. The van der Waals surface area contributed by atoms with Gasteiger partial charge in [-0.1, -0.05) is 35.4 Å². The molecule has 0 spiro atoms. The highest BCUT2D eigenvalue weighted by Gasteiger charge is 2.43. The Balaban J connectivity index is 2.69. The Morgan fingerprint density at radius 3 is 1.11 bits per heavy atom. The number of primary amides is 2. The number of benzene rings is 2. The standard InChI is InChI=1S/C16H18N4O6S2/c1-11-3-7-13(8-4-11)27(23,24)19(15(17)21)20(16(18)22)28(25,26)14-9-5-12(2)6-10-14/h3-10H,1-2H3,(H2,17,21)(H2,18,22). The van der Waals surface area contributed by atoms with Crippen molar-refractivity contribution in [2.75, 3.05) is 0 Å². The first kappa shape index (κ1) is 21.2. The molecule has 0 saturated carbocycles. The van der Waals surface area contributed by atoms with E-state index >= 15 is 0 Å². The Morgan fingerprint density at radius 1 is 0.643 bits per heavy atom. The van der Waals surface area contributed by atoms with E-state index in [1.54, 1.807) is 13.8 Å². The predicted octanol–water partition coefficient (Wildman–Crippen LogP) is 1.06. The van der Waals surface area contributed by atoms with Gasteiger partial charge in [-0.2, -0.15) is 16.8 Å². The molecule has 28 heavy (non-hydrogen) atoms. The zero-order chi connectivity index (χ0) is 21.3. The van der Waals surface area contributed by atoms with Crippen LogP contribution >= 0.6 is 0 Å². The Bertz CT molecular complexity index is 1020. The third-order valence-electron chi connectivity index (χ3n) is 3.64. The second-order valence-electron chi connectivity index (χ2n) is 5.80. The highest BCUT2D eigenvalue weighted by atomic mass is 32.2. The minimum Gasteiger partial charge on any atom is -0.349 e. The van der Waals surface area contributed by atoms with E-state index in [4.69, 9.17) is 11.5 Å². The summed E-state index contributed by atoms with van der Waals surface area (Å²) < 4.78 is 50.8. The van der Waals surface area contributed by atoms with Crippen molar-refractivity contribution in [1.29, 1.82) is 0 Å². The number of hydrogen-bond acceptors (Lipinski definition) is 6. The van der Waals surface area contributed by atoms with Gasteiger partial charge in [0.1, 0.15) is 0 Å². The lowest BCUT2D eigenvalue weighted by molar-refractivity contribution is 0.167. The van der Waals surface area contributed by atoms with E-state index in [1.165, 1.54) is 24.3 Å². The number of nitrogens with zero attached hydrogens (tertiary/aromatic N) is 2. The fourth-order valence-corrected chi connectivity index (χ4v) is 5.14. The molecule has 0 saturated heterocycles. The summed E-state index contributed by atoms with van der Waals surface area (Å²) in [7, 11) is -9.71. The number of carbonyl (C=O) groups is 2. The summed E-state index contributed by atoms with van der Waals surface area (Å²) >= 11 is 0. The normalized spacial score (nSPS) is 11.6. The molecule has 2 aromatic carbocycles. The highest BCUT2D eigenvalue weighted by Crippen LogP contribution is 2.24. The molecule has 0 fully saturated rings. The van der Waals surface area contributed by atoms with Crippen molar-refractivity contribution < 1.29 is 26.4 Å². The van der Waals surface area contributed by atoms with Gasteiger partial charge in [0.05, 0.1) is 9.79 Å². The first-order chi connectivity index (χ1) is 12.9. The molecule has 0 heterocycles. The summed E-state index contributed by atoms with van der Waals surface area (Å²) in [6, 6.07) is 6.80. The molecular weight excluding hydrogens is 408 g/mol. The van der Waals surface area contributed by atoms with E-state index in [9.17, 15) is 26.4 Å². The lowest BCUT2D eigenvalue weighted by Gasteiger charge is -2.30. The van der Waals surface area contributed by atoms with Crippen molar-refractivity contribution in [2.45, 2.75) is 23.6 Å². The number of nitrogens with two attached hydrogens (primary N) is 2. The summed E-state index contributed by atoms with van der Waals surface area (Å²) in [4.78, 5) is 22.9. The van der Waals surface area contributed by atoms with Crippen molar-refractivity contribution in [2.24, 2.45) is 11.5 Å². The maximum absolute atomic E-state index is 12.9. The van der Waals surface area contributed by atoms with Crippen LogP contribution in [0.1, 0.15) is 11.1 Å². The topological polar surface area (TPSA) is 161 Å². The average molecular weight is 426 g/mol. The van der Waals surface area contributed by atoms with Gasteiger partial charge >= 0.3 is 12.1 Å². The summed E-state index contributed by atoms with van der Waals surface area (Å²) in [6.45, 7) is 3.39. The van der Waals surface area contributed by atoms with E-state index in [2.05, 4.69) is 0 Å². The summed E-state index contributed by atoms with van der Waals surface area (Å²) in [5.74, 6) is 0. The van der Waals surface area contributed by atoms with E-state index < -0.39 is 41.9 Å². The number of carbonyl (C=O) groups excluding carboxylic acids is 2. The number of amides is 4.